The Balaban J connectivity index is 2.42. The van der Waals surface area contributed by atoms with Gasteiger partial charge in [0.05, 0.1) is 11.9 Å². The van der Waals surface area contributed by atoms with Crippen LogP contribution in [0.1, 0.15) is 12.7 Å². The molecule has 0 aliphatic rings. The fourth-order valence-electron chi connectivity index (χ4n) is 1.45. The summed E-state index contributed by atoms with van der Waals surface area (Å²) in [4.78, 5) is 22.4. The van der Waals surface area contributed by atoms with Gasteiger partial charge in [-0.2, -0.15) is 0 Å². The molecule has 0 saturated carbocycles. The van der Waals surface area contributed by atoms with Gasteiger partial charge in [-0.05, 0) is 12.1 Å². The minimum absolute atomic E-state index is 0.0952. The molecule has 0 radical (unpaired) electrons. The molecule has 16 heavy (non-hydrogen) atoms. The van der Waals surface area contributed by atoms with E-state index in [2.05, 4.69) is 5.32 Å². The topological polar surface area (TPSA) is 59.3 Å². The molecule has 1 aromatic carbocycles. The van der Waals surface area contributed by atoms with Crippen molar-refractivity contribution in [2.24, 2.45) is 0 Å². The Bertz CT molecular complexity index is 586. The van der Waals surface area contributed by atoms with Crippen LogP contribution in [-0.2, 0) is 11.3 Å². The maximum atomic E-state index is 11.7. The molecule has 0 unspecified atom stereocenters. The molecule has 0 fully saturated rings. The number of carbonyl (C=O) groups excluding carboxylic acids is 1. The first kappa shape index (κ1) is 10.4. The van der Waals surface area contributed by atoms with Crippen LogP contribution in [0.5, 0.6) is 0 Å². The van der Waals surface area contributed by atoms with Crippen LogP contribution < -0.4 is 10.7 Å². The van der Waals surface area contributed by atoms with Crippen molar-refractivity contribution in [3.8, 4) is 0 Å². The zero-order chi connectivity index (χ0) is 11.5. The lowest BCUT2D eigenvalue weighted by Crippen LogP contribution is -2.19. The van der Waals surface area contributed by atoms with Crippen LogP contribution in [0.15, 0.2) is 39.5 Å². The van der Waals surface area contributed by atoms with Crippen molar-refractivity contribution in [2.75, 3.05) is 0 Å². The number of rotatable bonds is 2. The molecule has 2 aromatic rings. The van der Waals surface area contributed by atoms with Gasteiger partial charge in [0.15, 0.2) is 5.43 Å². The summed E-state index contributed by atoms with van der Waals surface area (Å²) in [6, 6.07) is 8.43. The maximum absolute atomic E-state index is 11.7. The predicted molar refractivity (Wildman–Crippen MR) is 60.0 cm³/mol. The fourth-order valence-corrected chi connectivity index (χ4v) is 1.45. The molecule has 4 nitrogen and oxygen atoms in total. The van der Waals surface area contributed by atoms with Crippen LogP contribution >= 0.6 is 0 Å². The third-order valence-corrected chi connectivity index (χ3v) is 2.20. The van der Waals surface area contributed by atoms with Gasteiger partial charge in [0.1, 0.15) is 11.3 Å². The number of benzene rings is 1. The Morgan fingerprint density at radius 2 is 2.12 bits per heavy atom. The quantitative estimate of drug-likeness (QED) is 0.827. The third-order valence-electron chi connectivity index (χ3n) is 2.20. The van der Waals surface area contributed by atoms with Crippen LogP contribution in [0, 0.1) is 0 Å². The van der Waals surface area contributed by atoms with Gasteiger partial charge >= 0.3 is 0 Å². The monoisotopic (exact) mass is 217 g/mol. The highest BCUT2D eigenvalue weighted by molar-refractivity contribution is 5.76. The van der Waals surface area contributed by atoms with Crippen molar-refractivity contribution in [2.45, 2.75) is 13.5 Å². The molecule has 0 aliphatic heterocycles. The van der Waals surface area contributed by atoms with E-state index < -0.39 is 0 Å². The van der Waals surface area contributed by atoms with Gasteiger partial charge in [-0.25, -0.2) is 0 Å². The lowest BCUT2D eigenvalue weighted by atomic mass is 10.2. The summed E-state index contributed by atoms with van der Waals surface area (Å²) in [7, 11) is 0. The van der Waals surface area contributed by atoms with E-state index >= 15 is 0 Å². The Kier molecular flexibility index (Phi) is 2.72. The third kappa shape index (κ3) is 2.11. The summed E-state index contributed by atoms with van der Waals surface area (Å²) in [6.07, 6.45) is 0. The van der Waals surface area contributed by atoms with Gasteiger partial charge in [-0.15, -0.1) is 0 Å². The van der Waals surface area contributed by atoms with Gasteiger partial charge in [-0.1, -0.05) is 12.1 Å². The van der Waals surface area contributed by atoms with E-state index in [0.717, 1.165) is 0 Å². The van der Waals surface area contributed by atoms with E-state index in [9.17, 15) is 9.59 Å². The Labute approximate surface area is 91.9 Å². The van der Waals surface area contributed by atoms with Crippen molar-refractivity contribution >= 4 is 16.9 Å². The van der Waals surface area contributed by atoms with Crippen molar-refractivity contribution in [3.05, 3.63) is 46.3 Å². The molecule has 0 saturated heterocycles. The van der Waals surface area contributed by atoms with Crippen molar-refractivity contribution < 1.29 is 9.21 Å². The fraction of sp³-hybridized carbons (Fsp3) is 0.167. The predicted octanol–water partition coefficient (Wildman–Crippen LogP) is 1.43. The Morgan fingerprint density at radius 1 is 1.38 bits per heavy atom. The van der Waals surface area contributed by atoms with E-state index in [1.165, 1.54) is 13.0 Å². The first-order valence-corrected chi connectivity index (χ1v) is 4.93. The lowest BCUT2D eigenvalue weighted by molar-refractivity contribution is -0.119. The molecule has 0 aliphatic carbocycles. The van der Waals surface area contributed by atoms with E-state index in [4.69, 9.17) is 4.42 Å². The van der Waals surface area contributed by atoms with Crippen LogP contribution in [-0.4, -0.2) is 5.91 Å². The second-order valence-corrected chi connectivity index (χ2v) is 3.48. The number of hydrogen-bond acceptors (Lipinski definition) is 3. The average molecular weight is 217 g/mol. The first-order valence-electron chi connectivity index (χ1n) is 4.93. The number of carbonyl (C=O) groups is 1. The number of amides is 1. The zero-order valence-electron chi connectivity index (χ0n) is 8.82. The highest BCUT2D eigenvalue weighted by Gasteiger charge is 2.03. The van der Waals surface area contributed by atoms with E-state index in [1.807, 2.05) is 0 Å². The molecular weight excluding hydrogens is 206 g/mol. The van der Waals surface area contributed by atoms with Crippen LogP contribution in [0.4, 0.5) is 0 Å². The molecule has 1 aromatic heterocycles. The van der Waals surface area contributed by atoms with Gasteiger partial charge in [-0.3, -0.25) is 9.59 Å². The van der Waals surface area contributed by atoms with Gasteiger partial charge in [0.25, 0.3) is 0 Å². The first-order chi connectivity index (χ1) is 7.66. The maximum Gasteiger partial charge on any atom is 0.217 e. The molecule has 2 rings (SSSR count). The molecule has 82 valence electrons. The molecule has 4 heteroatoms. The number of hydrogen-bond donors (Lipinski definition) is 1. The minimum Gasteiger partial charge on any atom is -0.459 e. The number of nitrogens with one attached hydrogen (secondary N) is 1. The number of para-hydroxylation sites is 1. The summed E-state index contributed by atoms with van der Waals surface area (Å²) in [5.74, 6) is 0.301. The normalized spacial score (nSPS) is 10.3. The van der Waals surface area contributed by atoms with E-state index in [0.29, 0.717) is 16.7 Å². The molecule has 0 spiro atoms. The second-order valence-electron chi connectivity index (χ2n) is 3.48. The highest BCUT2D eigenvalue weighted by atomic mass is 16.3. The van der Waals surface area contributed by atoms with Gasteiger partial charge < -0.3 is 9.73 Å². The Hall–Kier alpha value is -2.10. The standard InChI is InChI=1S/C12H11NO3/c1-8(14)13-7-9-6-11(15)10-4-2-3-5-12(10)16-9/h2-6H,7H2,1H3,(H,13,14). The molecular formula is C12H11NO3. The van der Waals surface area contributed by atoms with Crippen LogP contribution in [0.3, 0.4) is 0 Å². The second kappa shape index (κ2) is 4.18. The zero-order valence-corrected chi connectivity index (χ0v) is 8.82. The molecule has 1 N–H and O–H groups in total. The largest absolute Gasteiger partial charge is 0.459 e. The SMILES string of the molecule is CC(=O)NCc1cc(=O)c2ccccc2o1. The Morgan fingerprint density at radius 3 is 2.88 bits per heavy atom. The molecule has 1 heterocycles. The smallest absolute Gasteiger partial charge is 0.217 e. The minimum atomic E-state index is -0.157. The van der Waals surface area contributed by atoms with Gasteiger partial charge in [0.2, 0.25) is 5.91 Å². The molecule has 0 bridgehead atoms. The van der Waals surface area contributed by atoms with Crippen molar-refractivity contribution in [1.29, 1.82) is 0 Å². The summed E-state index contributed by atoms with van der Waals surface area (Å²) in [6.45, 7) is 1.65. The highest BCUT2D eigenvalue weighted by Crippen LogP contribution is 2.11. The summed E-state index contributed by atoms with van der Waals surface area (Å²) in [5, 5.41) is 3.13. The molecule has 1 amide bonds. The van der Waals surface area contributed by atoms with E-state index in [1.54, 1.807) is 24.3 Å². The van der Waals surface area contributed by atoms with Crippen LogP contribution in [0.25, 0.3) is 11.0 Å². The van der Waals surface area contributed by atoms with Crippen LogP contribution in [0.2, 0.25) is 0 Å². The lowest BCUT2D eigenvalue weighted by Gasteiger charge is -2.02. The summed E-state index contributed by atoms with van der Waals surface area (Å²) < 4.78 is 5.48. The van der Waals surface area contributed by atoms with E-state index in [-0.39, 0.29) is 17.9 Å². The van der Waals surface area contributed by atoms with Crippen molar-refractivity contribution in [1.82, 2.24) is 5.32 Å². The van der Waals surface area contributed by atoms with Gasteiger partial charge in [0, 0.05) is 13.0 Å². The van der Waals surface area contributed by atoms with Crippen molar-refractivity contribution in [3.63, 3.8) is 0 Å². The number of fused-ring (bicyclic) bond motifs is 1. The summed E-state index contributed by atoms with van der Waals surface area (Å²) in [5.41, 5.74) is 0.442. The summed E-state index contributed by atoms with van der Waals surface area (Å²) >= 11 is 0. The average Bonchev–Trinajstić information content (AvgIpc) is 2.26. The molecule has 0 atom stereocenters.